The number of alkyl halides is 2. The highest BCUT2D eigenvalue weighted by Crippen LogP contribution is 2.39. The lowest BCUT2D eigenvalue weighted by atomic mass is 9.84. The van der Waals surface area contributed by atoms with E-state index in [1.165, 1.54) is 39.1 Å². The summed E-state index contributed by atoms with van der Waals surface area (Å²) in [5.74, 6) is -5.76. The summed E-state index contributed by atoms with van der Waals surface area (Å²) in [6.45, 7) is 10.6. The van der Waals surface area contributed by atoms with Crippen LogP contribution in [0.1, 0.15) is 50.7 Å². The second-order valence-electron chi connectivity index (χ2n) is 9.76. The SMILES string of the molecule is Cc1nc(N[C@H](C)c2cccc(C(F)(F)C(=O)C(C)(C)C)c2F)c2cc(P(C)(C)=O)ncc2n1. The normalized spacial score (nSPS) is 13.7. The van der Waals surface area contributed by atoms with Crippen LogP contribution in [0.25, 0.3) is 10.9 Å². The Hall–Kier alpha value is -2.80. The summed E-state index contributed by atoms with van der Waals surface area (Å²) in [5, 5.41) is 3.59. The molecule has 0 amide bonds. The number of hydrogen-bond acceptors (Lipinski definition) is 6. The van der Waals surface area contributed by atoms with Gasteiger partial charge in [-0.25, -0.2) is 14.4 Å². The molecule has 34 heavy (non-hydrogen) atoms. The van der Waals surface area contributed by atoms with Gasteiger partial charge in [0.2, 0.25) is 5.78 Å². The van der Waals surface area contributed by atoms with Crippen LogP contribution in [0, 0.1) is 18.2 Å². The quantitative estimate of drug-likeness (QED) is 0.451. The van der Waals surface area contributed by atoms with E-state index < -0.39 is 41.7 Å². The molecule has 0 fully saturated rings. The first-order valence-corrected chi connectivity index (χ1v) is 13.3. The number of carbonyl (C=O) groups excluding carboxylic acids is 1. The smallest absolute Gasteiger partial charge is 0.333 e. The predicted octanol–water partition coefficient (Wildman–Crippen LogP) is 5.60. The average Bonchev–Trinajstić information content (AvgIpc) is 2.71. The summed E-state index contributed by atoms with van der Waals surface area (Å²) in [6, 6.07) is 4.44. The topological polar surface area (TPSA) is 84.8 Å². The molecule has 0 saturated heterocycles. The lowest BCUT2D eigenvalue weighted by molar-refractivity contribution is -0.153. The number of fused-ring (bicyclic) bond motifs is 1. The van der Waals surface area contributed by atoms with E-state index in [0.29, 0.717) is 28.0 Å². The maximum atomic E-state index is 15.3. The zero-order valence-electron chi connectivity index (χ0n) is 20.2. The number of ketones is 1. The van der Waals surface area contributed by atoms with Gasteiger partial charge in [0.1, 0.15) is 30.0 Å². The first-order chi connectivity index (χ1) is 15.5. The van der Waals surface area contributed by atoms with Crippen LogP contribution >= 0.6 is 7.14 Å². The molecule has 0 saturated carbocycles. The molecule has 1 atom stereocenters. The zero-order chi connectivity index (χ0) is 25.6. The van der Waals surface area contributed by atoms with Crippen LogP contribution < -0.4 is 10.8 Å². The Bertz CT molecular complexity index is 1320. The molecule has 0 spiro atoms. The predicted molar refractivity (Wildman–Crippen MR) is 128 cm³/mol. The molecular weight excluding hydrogens is 464 g/mol. The van der Waals surface area contributed by atoms with E-state index in [-0.39, 0.29) is 5.56 Å². The van der Waals surface area contributed by atoms with Crippen LogP contribution in [0.15, 0.2) is 30.5 Å². The van der Waals surface area contributed by atoms with Crippen molar-refractivity contribution < 1.29 is 22.5 Å². The molecule has 0 bridgehead atoms. The summed E-state index contributed by atoms with van der Waals surface area (Å²) in [6.07, 6.45) is 1.49. The number of pyridine rings is 1. The Balaban J connectivity index is 2.06. The summed E-state index contributed by atoms with van der Waals surface area (Å²) in [4.78, 5) is 25.3. The van der Waals surface area contributed by atoms with Crippen LogP contribution in [0.3, 0.4) is 0 Å². The Morgan fingerprint density at radius 1 is 1.15 bits per heavy atom. The van der Waals surface area contributed by atoms with E-state index in [1.807, 2.05) is 0 Å². The molecule has 182 valence electrons. The van der Waals surface area contributed by atoms with Crippen LogP contribution in [0.5, 0.6) is 0 Å². The second kappa shape index (κ2) is 8.77. The van der Waals surface area contributed by atoms with Crippen molar-refractivity contribution in [1.29, 1.82) is 0 Å². The first kappa shape index (κ1) is 25.8. The fraction of sp³-hybridized carbons (Fsp3) is 0.417. The molecule has 2 aromatic heterocycles. The third-order valence-electron chi connectivity index (χ3n) is 5.38. The molecule has 10 heteroatoms. The van der Waals surface area contributed by atoms with Crippen LogP contribution in [0.4, 0.5) is 19.0 Å². The number of hydrogen-bond donors (Lipinski definition) is 1. The van der Waals surface area contributed by atoms with Crippen molar-refractivity contribution in [2.24, 2.45) is 5.41 Å². The lowest BCUT2D eigenvalue weighted by Gasteiger charge is -2.26. The number of aromatic nitrogens is 3. The van der Waals surface area contributed by atoms with Crippen molar-refractivity contribution in [3.05, 3.63) is 53.2 Å². The standard InChI is InChI=1S/C24H28F3N4O2P/c1-13(15-9-8-10-17(20(15)25)24(26,27)22(32)23(3,4)5)29-21-16-11-19(34(6,7)33)28-12-18(16)30-14(2)31-21/h8-13H,1-7H3,(H,29,30,31)/t13-/m1/s1. The van der Waals surface area contributed by atoms with Crippen molar-refractivity contribution >= 4 is 35.1 Å². The van der Waals surface area contributed by atoms with E-state index in [1.54, 1.807) is 33.2 Å². The van der Waals surface area contributed by atoms with E-state index in [9.17, 15) is 18.1 Å². The average molecular weight is 492 g/mol. The van der Waals surface area contributed by atoms with Gasteiger partial charge in [-0.1, -0.05) is 32.9 Å². The second-order valence-corrected chi connectivity index (χ2v) is 12.9. The van der Waals surface area contributed by atoms with Crippen molar-refractivity contribution in [3.63, 3.8) is 0 Å². The van der Waals surface area contributed by atoms with Crippen LogP contribution in [0.2, 0.25) is 0 Å². The molecule has 2 heterocycles. The van der Waals surface area contributed by atoms with Gasteiger partial charge < -0.3 is 9.88 Å². The van der Waals surface area contributed by atoms with Crippen LogP contribution in [-0.2, 0) is 15.3 Å². The molecule has 0 unspecified atom stereocenters. The van der Waals surface area contributed by atoms with E-state index in [4.69, 9.17) is 0 Å². The summed E-state index contributed by atoms with van der Waals surface area (Å²) < 4.78 is 57.7. The van der Waals surface area contributed by atoms with Gasteiger partial charge in [0, 0.05) is 16.4 Å². The molecule has 0 aliphatic heterocycles. The summed E-state index contributed by atoms with van der Waals surface area (Å²) in [7, 11) is -2.67. The fourth-order valence-corrected chi connectivity index (χ4v) is 4.32. The monoisotopic (exact) mass is 492 g/mol. The Morgan fingerprint density at radius 2 is 1.79 bits per heavy atom. The molecule has 1 aromatic carbocycles. The van der Waals surface area contributed by atoms with Gasteiger partial charge in [-0.05, 0) is 39.3 Å². The number of nitrogens with zero attached hydrogens (tertiary/aromatic N) is 3. The van der Waals surface area contributed by atoms with Gasteiger partial charge in [-0.2, -0.15) is 8.78 Å². The third-order valence-corrected chi connectivity index (χ3v) is 6.73. The minimum atomic E-state index is -3.99. The van der Waals surface area contributed by atoms with Crippen molar-refractivity contribution in [2.45, 2.75) is 46.6 Å². The number of benzene rings is 1. The number of halogens is 3. The zero-order valence-corrected chi connectivity index (χ0v) is 21.1. The van der Waals surface area contributed by atoms with Gasteiger partial charge in [0.05, 0.1) is 23.3 Å². The minimum Gasteiger partial charge on any atom is -0.363 e. The van der Waals surface area contributed by atoms with Crippen molar-refractivity contribution in [1.82, 2.24) is 15.0 Å². The van der Waals surface area contributed by atoms with Gasteiger partial charge in [-0.3, -0.25) is 9.78 Å². The number of carbonyl (C=O) groups is 1. The highest BCUT2D eigenvalue weighted by atomic mass is 31.2. The summed E-state index contributed by atoms with van der Waals surface area (Å²) in [5.41, 5.74) is -1.48. The van der Waals surface area contributed by atoms with E-state index in [0.717, 1.165) is 6.07 Å². The van der Waals surface area contributed by atoms with Crippen molar-refractivity contribution in [3.8, 4) is 0 Å². The Labute approximate surface area is 196 Å². The maximum absolute atomic E-state index is 15.3. The Morgan fingerprint density at radius 3 is 2.38 bits per heavy atom. The van der Waals surface area contributed by atoms with Gasteiger partial charge in [0.15, 0.2) is 0 Å². The third kappa shape index (κ3) is 4.99. The number of nitrogens with one attached hydrogen (secondary N) is 1. The summed E-state index contributed by atoms with van der Waals surface area (Å²) >= 11 is 0. The number of aryl methyl sites for hydroxylation is 1. The highest BCUT2D eigenvalue weighted by molar-refractivity contribution is 7.69. The van der Waals surface area contributed by atoms with Crippen LogP contribution in [-0.4, -0.2) is 34.1 Å². The minimum absolute atomic E-state index is 0.0470. The molecule has 0 aliphatic rings. The maximum Gasteiger partial charge on any atom is 0.333 e. The molecule has 3 rings (SSSR count). The number of Topliss-reactive ketones (excluding diaryl/α,β-unsaturated/α-hetero) is 1. The number of anilines is 1. The Kier molecular flexibility index (Phi) is 6.66. The van der Waals surface area contributed by atoms with Gasteiger partial charge in [-0.15, -0.1) is 0 Å². The van der Waals surface area contributed by atoms with Gasteiger partial charge in [0.25, 0.3) is 0 Å². The first-order valence-electron chi connectivity index (χ1n) is 10.7. The highest BCUT2D eigenvalue weighted by Gasteiger charge is 2.48. The largest absolute Gasteiger partial charge is 0.363 e. The van der Waals surface area contributed by atoms with E-state index >= 15 is 4.39 Å². The molecule has 1 N–H and O–H groups in total. The molecule has 0 aliphatic carbocycles. The lowest BCUT2D eigenvalue weighted by Crippen LogP contribution is -2.37. The van der Waals surface area contributed by atoms with E-state index in [2.05, 4.69) is 20.3 Å². The van der Waals surface area contributed by atoms with Crippen molar-refractivity contribution in [2.75, 3.05) is 18.6 Å². The molecular formula is C24H28F3N4O2P. The molecule has 0 radical (unpaired) electrons. The molecule has 6 nitrogen and oxygen atoms in total. The molecule has 3 aromatic rings. The number of rotatable bonds is 6. The fourth-order valence-electron chi connectivity index (χ4n) is 3.54. The van der Waals surface area contributed by atoms with Gasteiger partial charge >= 0.3 is 5.92 Å².